The molecular weight excluding hydrogens is 282 g/mol. The van der Waals surface area contributed by atoms with Gasteiger partial charge in [0.1, 0.15) is 5.75 Å². The molecule has 0 fully saturated rings. The molecule has 0 aliphatic heterocycles. The third-order valence-corrected chi connectivity index (χ3v) is 2.85. The second-order valence-electron chi connectivity index (χ2n) is 3.05. The Morgan fingerprint density at radius 3 is 2.78 bits per heavy atom. The Kier molecular flexibility index (Phi) is 3.58. The summed E-state index contributed by atoms with van der Waals surface area (Å²) >= 11 is 6.55. The maximum atomic E-state index is 10.9. The number of aromatic nitrogens is 2. The summed E-state index contributed by atoms with van der Waals surface area (Å²) in [6, 6.07) is 4.20. The van der Waals surface area contributed by atoms with E-state index in [1.807, 2.05) is 0 Å². The van der Waals surface area contributed by atoms with Gasteiger partial charge in [-0.1, -0.05) is 11.6 Å². The molecule has 0 bridgehead atoms. The minimum Gasteiger partial charge on any atom is -0.496 e. The number of halogens is 1. The van der Waals surface area contributed by atoms with Gasteiger partial charge < -0.3 is 9.47 Å². The summed E-state index contributed by atoms with van der Waals surface area (Å²) < 4.78 is 17.6. The fraction of sp³-hybridized carbons (Fsp3) is 0.111. The highest BCUT2D eigenvalue weighted by Crippen LogP contribution is 2.35. The second-order valence-corrected chi connectivity index (χ2v) is 3.94. The van der Waals surface area contributed by atoms with Gasteiger partial charge in [-0.2, -0.15) is 4.37 Å². The average molecular weight is 288 g/mol. The van der Waals surface area contributed by atoms with E-state index in [9.17, 15) is 10.1 Å². The van der Waals surface area contributed by atoms with E-state index < -0.39 is 4.92 Å². The molecule has 0 amide bonds. The van der Waals surface area contributed by atoms with Crippen molar-refractivity contribution in [2.24, 2.45) is 0 Å². The lowest BCUT2D eigenvalue weighted by atomic mass is 10.3. The lowest BCUT2D eigenvalue weighted by molar-refractivity contribution is -0.385. The Labute approximate surface area is 110 Å². The number of benzene rings is 1. The van der Waals surface area contributed by atoms with Crippen LogP contribution in [0.25, 0.3) is 0 Å². The zero-order chi connectivity index (χ0) is 13.1. The highest BCUT2D eigenvalue weighted by atomic mass is 35.5. The predicted molar refractivity (Wildman–Crippen MR) is 64.6 cm³/mol. The minimum absolute atomic E-state index is 0.0235. The van der Waals surface area contributed by atoms with E-state index in [4.69, 9.17) is 21.1 Å². The van der Waals surface area contributed by atoms with Gasteiger partial charge in [0.2, 0.25) is 10.9 Å². The van der Waals surface area contributed by atoms with Crippen molar-refractivity contribution in [2.45, 2.75) is 0 Å². The van der Waals surface area contributed by atoms with E-state index in [-0.39, 0.29) is 22.5 Å². The van der Waals surface area contributed by atoms with Crippen molar-refractivity contribution in [3.8, 4) is 17.4 Å². The van der Waals surface area contributed by atoms with Gasteiger partial charge in [0.25, 0.3) is 5.88 Å². The molecule has 1 aromatic heterocycles. The van der Waals surface area contributed by atoms with E-state index >= 15 is 0 Å². The molecule has 2 rings (SSSR count). The standard InChI is InChI=1S/C9H6ClN3O4S/c1-16-5-2-3-7(6(4-5)13(14)15)17-9-8(10)11-18-12-9/h2-4H,1H3. The normalized spacial score (nSPS) is 10.1. The molecular formula is C9H6ClN3O4S. The molecule has 1 heterocycles. The summed E-state index contributed by atoms with van der Waals surface area (Å²) in [5, 5.41) is 11.0. The molecule has 0 radical (unpaired) electrons. The first-order valence-electron chi connectivity index (χ1n) is 4.60. The Bertz CT molecular complexity index is 589. The number of ether oxygens (including phenoxy) is 2. The van der Waals surface area contributed by atoms with Crippen LogP contribution in [0.3, 0.4) is 0 Å². The van der Waals surface area contributed by atoms with Crippen LogP contribution in [0.1, 0.15) is 0 Å². The van der Waals surface area contributed by atoms with Crippen LogP contribution in [-0.4, -0.2) is 20.8 Å². The largest absolute Gasteiger partial charge is 0.496 e. The minimum atomic E-state index is -0.578. The quantitative estimate of drug-likeness (QED) is 0.634. The van der Waals surface area contributed by atoms with Gasteiger partial charge >= 0.3 is 5.69 Å². The zero-order valence-corrected chi connectivity index (χ0v) is 10.6. The fourth-order valence-electron chi connectivity index (χ4n) is 1.19. The number of nitro groups is 1. The third-order valence-electron chi connectivity index (χ3n) is 1.99. The number of rotatable bonds is 4. The van der Waals surface area contributed by atoms with Gasteiger partial charge in [0, 0.05) is 0 Å². The van der Waals surface area contributed by atoms with Gasteiger partial charge in [0.05, 0.1) is 29.8 Å². The van der Waals surface area contributed by atoms with Gasteiger partial charge in [-0.25, -0.2) is 0 Å². The van der Waals surface area contributed by atoms with Gasteiger partial charge in [-0.3, -0.25) is 10.1 Å². The first-order chi connectivity index (χ1) is 8.61. The van der Waals surface area contributed by atoms with Crippen LogP contribution in [0, 0.1) is 10.1 Å². The van der Waals surface area contributed by atoms with Crippen molar-refractivity contribution in [3.63, 3.8) is 0 Å². The zero-order valence-electron chi connectivity index (χ0n) is 8.99. The van der Waals surface area contributed by atoms with Crippen LogP contribution in [-0.2, 0) is 0 Å². The lowest BCUT2D eigenvalue weighted by Gasteiger charge is -2.05. The van der Waals surface area contributed by atoms with Crippen molar-refractivity contribution in [3.05, 3.63) is 33.5 Å². The molecule has 0 atom stereocenters. The van der Waals surface area contributed by atoms with Crippen LogP contribution in [0.2, 0.25) is 5.15 Å². The summed E-state index contributed by atoms with van der Waals surface area (Å²) in [4.78, 5) is 10.3. The first-order valence-corrected chi connectivity index (χ1v) is 5.71. The Morgan fingerprint density at radius 1 is 1.44 bits per heavy atom. The van der Waals surface area contributed by atoms with E-state index in [1.165, 1.54) is 25.3 Å². The summed E-state index contributed by atoms with van der Waals surface area (Å²) in [5.41, 5.74) is -0.238. The third kappa shape index (κ3) is 2.49. The summed E-state index contributed by atoms with van der Waals surface area (Å²) in [5.74, 6) is 0.418. The SMILES string of the molecule is COc1ccc(Oc2nsnc2Cl)c([N+](=O)[O-])c1. The summed E-state index contributed by atoms with van der Waals surface area (Å²) in [6.07, 6.45) is 0. The maximum Gasteiger partial charge on any atom is 0.315 e. The Hall–Kier alpha value is -1.93. The molecule has 7 nitrogen and oxygen atoms in total. The van der Waals surface area contributed by atoms with Gasteiger partial charge in [-0.15, -0.1) is 4.37 Å². The summed E-state index contributed by atoms with van der Waals surface area (Å²) in [7, 11) is 1.42. The van der Waals surface area contributed by atoms with Crippen LogP contribution in [0.15, 0.2) is 18.2 Å². The topological polar surface area (TPSA) is 87.4 Å². The van der Waals surface area contributed by atoms with Crippen LogP contribution in [0.5, 0.6) is 17.4 Å². The number of nitrogens with zero attached hydrogens (tertiary/aromatic N) is 3. The second kappa shape index (κ2) is 5.15. The van der Waals surface area contributed by atoms with E-state index in [2.05, 4.69) is 8.75 Å². The number of nitro benzene ring substituents is 1. The van der Waals surface area contributed by atoms with Crippen LogP contribution >= 0.6 is 23.3 Å². The molecule has 0 aliphatic carbocycles. The molecule has 0 spiro atoms. The smallest absolute Gasteiger partial charge is 0.315 e. The molecule has 0 N–H and O–H groups in total. The highest BCUT2D eigenvalue weighted by molar-refractivity contribution is 6.99. The molecule has 0 saturated heterocycles. The highest BCUT2D eigenvalue weighted by Gasteiger charge is 2.19. The Morgan fingerprint density at radius 2 is 2.22 bits per heavy atom. The van der Waals surface area contributed by atoms with Crippen molar-refractivity contribution in [1.29, 1.82) is 0 Å². The van der Waals surface area contributed by atoms with Crippen molar-refractivity contribution < 1.29 is 14.4 Å². The fourth-order valence-corrected chi connectivity index (χ4v) is 1.80. The first kappa shape index (κ1) is 12.5. The van der Waals surface area contributed by atoms with Gasteiger partial charge in [0.15, 0.2) is 0 Å². The van der Waals surface area contributed by atoms with Crippen LogP contribution < -0.4 is 9.47 Å². The van der Waals surface area contributed by atoms with Crippen molar-refractivity contribution >= 4 is 29.0 Å². The average Bonchev–Trinajstić information content (AvgIpc) is 2.75. The molecule has 9 heteroatoms. The molecule has 0 unspecified atom stereocenters. The monoisotopic (exact) mass is 287 g/mol. The Balaban J connectivity index is 2.38. The maximum absolute atomic E-state index is 10.9. The molecule has 1 aromatic carbocycles. The number of hydrogen-bond acceptors (Lipinski definition) is 7. The van der Waals surface area contributed by atoms with E-state index in [0.717, 1.165) is 11.7 Å². The molecule has 2 aromatic rings. The molecule has 0 saturated carbocycles. The molecule has 0 aliphatic rings. The van der Waals surface area contributed by atoms with Crippen LogP contribution in [0.4, 0.5) is 5.69 Å². The lowest BCUT2D eigenvalue weighted by Crippen LogP contribution is -1.95. The van der Waals surface area contributed by atoms with E-state index in [1.54, 1.807) is 0 Å². The van der Waals surface area contributed by atoms with Crippen molar-refractivity contribution in [2.75, 3.05) is 7.11 Å². The van der Waals surface area contributed by atoms with E-state index in [0.29, 0.717) is 5.75 Å². The molecule has 94 valence electrons. The van der Waals surface area contributed by atoms with Crippen molar-refractivity contribution in [1.82, 2.24) is 8.75 Å². The predicted octanol–water partition coefficient (Wildman–Crippen LogP) is 2.90. The summed E-state index contributed by atoms with van der Waals surface area (Å²) in [6.45, 7) is 0. The van der Waals surface area contributed by atoms with Gasteiger partial charge in [-0.05, 0) is 12.1 Å². The molecule has 18 heavy (non-hydrogen) atoms. The number of hydrogen-bond donors (Lipinski definition) is 0. The number of methoxy groups -OCH3 is 1.